The fourth-order valence-electron chi connectivity index (χ4n) is 2.19. The van der Waals surface area contributed by atoms with Gasteiger partial charge in [-0.2, -0.15) is 17.4 Å². The zero-order valence-corrected chi connectivity index (χ0v) is 13.5. The number of nitrogens with two attached hydrogens (primary N) is 1. The number of piperidine rings is 1. The molecule has 3 N–H and O–H groups in total. The first-order chi connectivity index (χ1) is 9.45. The molecule has 1 heterocycles. The van der Waals surface area contributed by atoms with Crippen molar-refractivity contribution in [2.24, 2.45) is 17.6 Å². The van der Waals surface area contributed by atoms with E-state index in [4.69, 9.17) is 10.5 Å². The van der Waals surface area contributed by atoms with Crippen LogP contribution in [0.25, 0.3) is 0 Å². The smallest absolute Gasteiger partial charge is 0.279 e. The third-order valence-corrected chi connectivity index (χ3v) is 5.11. The predicted molar refractivity (Wildman–Crippen MR) is 80.5 cm³/mol. The zero-order valence-electron chi connectivity index (χ0n) is 12.7. The van der Waals surface area contributed by atoms with Crippen LogP contribution < -0.4 is 10.5 Å². The van der Waals surface area contributed by atoms with Crippen LogP contribution in [0.1, 0.15) is 33.1 Å². The maximum Gasteiger partial charge on any atom is 0.279 e. The van der Waals surface area contributed by atoms with Crippen LogP contribution in [0, 0.1) is 11.8 Å². The largest absolute Gasteiger partial charge is 0.380 e. The lowest BCUT2D eigenvalue weighted by molar-refractivity contribution is 0.128. The number of hydrogen-bond acceptors (Lipinski definition) is 4. The molecule has 1 aliphatic rings. The highest BCUT2D eigenvalue weighted by Gasteiger charge is 2.27. The van der Waals surface area contributed by atoms with Gasteiger partial charge in [0.15, 0.2) is 0 Å². The Morgan fingerprint density at radius 2 is 2.15 bits per heavy atom. The van der Waals surface area contributed by atoms with Gasteiger partial charge in [-0.1, -0.05) is 13.8 Å². The summed E-state index contributed by atoms with van der Waals surface area (Å²) in [5, 5.41) is 0. The molecule has 0 aromatic heterocycles. The second-order valence-corrected chi connectivity index (χ2v) is 7.55. The van der Waals surface area contributed by atoms with Crippen LogP contribution in [0.2, 0.25) is 0 Å². The Morgan fingerprint density at radius 3 is 2.80 bits per heavy atom. The maximum atomic E-state index is 12.1. The summed E-state index contributed by atoms with van der Waals surface area (Å²) in [6, 6.07) is 0. The lowest BCUT2D eigenvalue weighted by Gasteiger charge is -2.31. The van der Waals surface area contributed by atoms with E-state index in [2.05, 4.69) is 18.6 Å². The van der Waals surface area contributed by atoms with Gasteiger partial charge in [0, 0.05) is 26.2 Å². The summed E-state index contributed by atoms with van der Waals surface area (Å²) < 4.78 is 33.7. The Bertz CT molecular complexity index is 360. The minimum atomic E-state index is -3.38. The molecule has 1 atom stereocenters. The van der Waals surface area contributed by atoms with Crippen molar-refractivity contribution >= 4 is 10.2 Å². The summed E-state index contributed by atoms with van der Waals surface area (Å²) in [5.74, 6) is 0.885. The standard InChI is InChI=1S/C13H29N3O3S/c1-12(2)5-8-19-9-6-15-20(17,18)16-7-3-4-13(10-14)11-16/h12-13,15H,3-11,14H2,1-2H3. The molecule has 1 unspecified atom stereocenters. The quantitative estimate of drug-likeness (QED) is 0.609. The molecule has 0 aromatic rings. The first-order valence-corrected chi connectivity index (χ1v) is 8.92. The molecule has 1 aliphatic heterocycles. The van der Waals surface area contributed by atoms with Gasteiger partial charge in [0.1, 0.15) is 0 Å². The van der Waals surface area contributed by atoms with Crippen molar-refractivity contribution in [2.45, 2.75) is 33.1 Å². The monoisotopic (exact) mass is 307 g/mol. The molecular weight excluding hydrogens is 278 g/mol. The summed E-state index contributed by atoms with van der Waals surface area (Å²) in [7, 11) is -3.38. The van der Waals surface area contributed by atoms with Crippen molar-refractivity contribution in [3.8, 4) is 0 Å². The lowest BCUT2D eigenvalue weighted by atomic mass is 10.0. The van der Waals surface area contributed by atoms with Crippen LogP contribution in [0.3, 0.4) is 0 Å². The SMILES string of the molecule is CC(C)CCOCCNS(=O)(=O)N1CCCC(CN)C1. The summed E-state index contributed by atoms with van der Waals surface area (Å²) in [4.78, 5) is 0. The van der Waals surface area contributed by atoms with E-state index in [0.717, 1.165) is 19.3 Å². The van der Waals surface area contributed by atoms with Gasteiger partial charge in [-0.3, -0.25) is 0 Å². The third kappa shape index (κ3) is 6.49. The van der Waals surface area contributed by atoms with E-state index in [9.17, 15) is 8.42 Å². The van der Waals surface area contributed by atoms with E-state index in [0.29, 0.717) is 45.3 Å². The molecule has 20 heavy (non-hydrogen) atoms. The van der Waals surface area contributed by atoms with E-state index < -0.39 is 10.2 Å². The lowest BCUT2D eigenvalue weighted by Crippen LogP contribution is -2.47. The van der Waals surface area contributed by atoms with E-state index in [1.165, 1.54) is 4.31 Å². The molecule has 1 rings (SSSR count). The van der Waals surface area contributed by atoms with E-state index in [1.54, 1.807) is 0 Å². The second-order valence-electron chi connectivity index (χ2n) is 5.80. The molecule has 0 amide bonds. The third-order valence-electron chi connectivity index (χ3n) is 3.53. The highest BCUT2D eigenvalue weighted by atomic mass is 32.2. The minimum Gasteiger partial charge on any atom is -0.380 e. The van der Waals surface area contributed by atoms with E-state index in [1.807, 2.05) is 0 Å². The van der Waals surface area contributed by atoms with Crippen molar-refractivity contribution in [2.75, 3.05) is 39.4 Å². The Balaban J connectivity index is 2.24. The highest BCUT2D eigenvalue weighted by molar-refractivity contribution is 7.87. The zero-order chi connectivity index (χ0) is 15.0. The number of rotatable bonds is 9. The second kappa shape index (κ2) is 8.94. The molecule has 1 saturated heterocycles. The number of ether oxygens (including phenoxy) is 1. The van der Waals surface area contributed by atoms with Crippen LogP contribution in [-0.4, -0.2) is 52.1 Å². The van der Waals surface area contributed by atoms with Crippen LogP contribution in [0.4, 0.5) is 0 Å². The molecule has 0 saturated carbocycles. The van der Waals surface area contributed by atoms with Crippen LogP contribution in [0.15, 0.2) is 0 Å². The van der Waals surface area contributed by atoms with Gasteiger partial charge < -0.3 is 10.5 Å². The Labute approximate surface area is 123 Å². The Morgan fingerprint density at radius 1 is 1.40 bits per heavy atom. The fraction of sp³-hybridized carbons (Fsp3) is 1.00. The predicted octanol–water partition coefficient (Wildman–Crippen LogP) is 0.554. The first-order valence-electron chi connectivity index (χ1n) is 7.48. The van der Waals surface area contributed by atoms with Gasteiger partial charge in [-0.05, 0) is 37.6 Å². The Hall–Kier alpha value is -0.210. The van der Waals surface area contributed by atoms with E-state index >= 15 is 0 Å². The van der Waals surface area contributed by atoms with Gasteiger partial charge in [-0.15, -0.1) is 0 Å². The molecule has 0 aromatic carbocycles. The molecule has 1 fully saturated rings. The average Bonchev–Trinajstić information content (AvgIpc) is 2.42. The van der Waals surface area contributed by atoms with E-state index in [-0.39, 0.29) is 5.92 Å². The molecule has 0 spiro atoms. The Kier molecular flexibility index (Phi) is 7.98. The highest BCUT2D eigenvalue weighted by Crippen LogP contribution is 2.17. The van der Waals surface area contributed by atoms with Crippen molar-refractivity contribution in [1.29, 1.82) is 0 Å². The number of hydrogen-bond donors (Lipinski definition) is 2. The molecular formula is C13H29N3O3S. The average molecular weight is 307 g/mol. The normalized spacial score (nSPS) is 21.5. The summed E-state index contributed by atoms with van der Waals surface area (Å²) in [6.45, 7) is 7.35. The fourth-order valence-corrected chi connectivity index (χ4v) is 3.49. The van der Waals surface area contributed by atoms with Crippen molar-refractivity contribution in [3.63, 3.8) is 0 Å². The van der Waals surface area contributed by atoms with Gasteiger partial charge in [0.25, 0.3) is 10.2 Å². The van der Waals surface area contributed by atoms with Gasteiger partial charge in [-0.25, -0.2) is 0 Å². The molecule has 7 heteroatoms. The molecule has 0 radical (unpaired) electrons. The number of nitrogens with zero attached hydrogens (tertiary/aromatic N) is 1. The summed E-state index contributed by atoms with van der Waals surface area (Å²) in [5.41, 5.74) is 5.63. The first kappa shape index (κ1) is 17.8. The van der Waals surface area contributed by atoms with Crippen LogP contribution >= 0.6 is 0 Å². The maximum absolute atomic E-state index is 12.1. The molecule has 120 valence electrons. The van der Waals surface area contributed by atoms with Crippen LogP contribution in [0.5, 0.6) is 0 Å². The van der Waals surface area contributed by atoms with Gasteiger partial charge in [0.05, 0.1) is 6.61 Å². The summed E-state index contributed by atoms with van der Waals surface area (Å²) in [6.07, 6.45) is 2.89. The minimum absolute atomic E-state index is 0.280. The van der Waals surface area contributed by atoms with Crippen molar-refractivity contribution in [1.82, 2.24) is 9.03 Å². The number of nitrogens with one attached hydrogen (secondary N) is 1. The topological polar surface area (TPSA) is 84.7 Å². The van der Waals surface area contributed by atoms with Gasteiger partial charge in [0.2, 0.25) is 0 Å². The van der Waals surface area contributed by atoms with Crippen molar-refractivity contribution in [3.05, 3.63) is 0 Å². The molecule has 6 nitrogen and oxygen atoms in total. The molecule has 0 aliphatic carbocycles. The van der Waals surface area contributed by atoms with Gasteiger partial charge >= 0.3 is 0 Å². The van der Waals surface area contributed by atoms with Crippen molar-refractivity contribution < 1.29 is 13.2 Å². The summed E-state index contributed by atoms with van der Waals surface area (Å²) >= 11 is 0. The van der Waals surface area contributed by atoms with Crippen LogP contribution in [-0.2, 0) is 14.9 Å². The molecule has 0 bridgehead atoms.